The molecule has 6 heterocycles. The number of pyridine rings is 1. The highest BCUT2D eigenvalue weighted by Crippen LogP contribution is 2.54. The van der Waals surface area contributed by atoms with Crippen molar-refractivity contribution in [3.8, 4) is 28.0 Å². The molecule has 5 amide bonds. The lowest BCUT2D eigenvalue weighted by molar-refractivity contribution is -0.136. The van der Waals surface area contributed by atoms with Crippen molar-refractivity contribution < 1.29 is 24.0 Å². The largest absolute Gasteiger partial charge is 0.387 e. The quantitative estimate of drug-likeness (QED) is 0.0690. The van der Waals surface area contributed by atoms with Crippen molar-refractivity contribution in [1.82, 2.24) is 40.3 Å². The van der Waals surface area contributed by atoms with Crippen LogP contribution in [-0.2, 0) is 19.8 Å². The number of carbonyl (C=O) groups excluding carboxylic acids is 5. The minimum atomic E-state index is -0.983. The first-order chi connectivity index (χ1) is 30.1. The summed E-state index contributed by atoms with van der Waals surface area (Å²) in [6.45, 7) is 0.694. The molecule has 2 bridgehead atoms. The number of fused-ring (bicyclic) bond motifs is 5. The summed E-state index contributed by atoms with van der Waals surface area (Å²) >= 11 is 1.64. The van der Waals surface area contributed by atoms with Gasteiger partial charge in [-0.05, 0) is 100 Å². The average Bonchev–Trinajstić information content (AvgIpc) is 4.02. The van der Waals surface area contributed by atoms with E-state index in [2.05, 4.69) is 37.5 Å². The topological polar surface area (TPSA) is 216 Å². The maximum Gasteiger partial charge on any atom is 0.262 e. The van der Waals surface area contributed by atoms with E-state index in [0.717, 1.165) is 119 Å². The molecule has 318 valence electrons. The van der Waals surface area contributed by atoms with Gasteiger partial charge in [-0.3, -0.25) is 39.2 Å². The Kier molecular flexibility index (Phi) is 11.0. The summed E-state index contributed by atoms with van der Waals surface area (Å²) in [7, 11) is 1.88. The number of aromatic nitrogens is 5. The number of unbranched alkanes of at least 4 members (excludes halogenated alkanes) is 4. The van der Waals surface area contributed by atoms with Gasteiger partial charge in [-0.25, -0.2) is 4.52 Å². The van der Waals surface area contributed by atoms with E-state index in [4.69, 9.17) is 10.1 Å². The van der Waals surface area contributed by atoms with Gasteiger partial charge in [0.15, 0.2) is 5.01 Å². The van der Waals surface area contributed by atoms with Crippen LogP contribution in [0.2, 0.25) is 0 Å². The van der Waals surface area contributed by atoms with E-state index in [1.807, 2.05) is 31.4 Å². The second kappa shape index (κ2) is 16.7. The van der Waals surface area contributed by atoms with Gasteiger partial charge < -0.3 is 16.0 Å². The van der Waals surface area contributed by atoms with Crippen molar-refractivity contribution in [2.24, 2.45) is 0 Å². The first kappa shape index (κ1) is 40.8. The highest BCUT2D eigenvalue weighted by molar-refractivity contribution is 7.14. The van der Waals surface area contributed by atoms with E-state index >= 15 is 0 Å². The molecule has 1 aromatic carbocycles. The fraction of sp³-hybridized carbons (Fsp3) is 0.422. The molecule has 2 aliphatic heterocycles. The second-order valence-electron chi connectivity index (χ2n) is 16.9. The van der Waals surface area contributed by atoms with E-state index in [0.29, 0.717) is 18.5 Å². The Morgan fingerprint density at radius 2 is 1.68 bits per heavy atom. The van der Waals surface area contributed by atoms with E-state index in [9.17, 15) is 29.2 Å². The molecule has 10 rings (SSSR count). The van der Waals surface area contributed by atoms with Crippen LogP contribution in [0, 0.1) is 11.3 Å². The predicted molar refractivity (Wildman–Crippen MR) is 231 cm³/mol. The number of anilines is 2. The van der Waals surface area contributed by atoms with Gasteiger partial charge in [-0.15, -0.1) is 10.2 Å². The van der Waals surface area contributed by atoms with Gasteiger partial charge in [0.2, 0.25) is 17.7 Å². The summed E-state index contributed by atoms with van der Waals surface area (Å²) in [5.41, 5.74) is 5.74. The molecular formula is C45H47N11O5S. The molecule has 16 nitrogen and oxygen atoms in total. The van der Waals surface area contributed by atoms with Crippen LogP contribution in [0.1, 0.15) is 121 Å². The normalized spacial score (nSPS) is 21.8. The molecule has 5 aromatic rings. The lowest BCUT2D eigenvalue weighted by atomic mass is 9.57. The highest BCUT2D eigenvalue weighted by atomic mass is 32.1. The number of nitriles is 1. The second-order valence-corrected chi connectivity index (χ2v) is 17.9. The SMILES string of the molecule is CNc1cc(-c2ccc3cc(C#N)cnn23)ncc1-c1nnc(C23CCC(NC(=O)CCCCCCCNc4ccc5c(c4)C(=O)N(C4CCC(=O)NC4=O)C5=O)(CC2)CC3)s1. The van der Waals surface area contributed by atoms with E-state index in [1.54, 1.807) is 46.3 Å². The summed E-state index contributed by atoms with van der Waals surface area (Å²) in [4.78, 5) is 68.9. The number of nitrogens with zero attached hydrogens (tertiary/aromatic N) is 7. The Bertz CT molecular complexity index is 2640. The first-order valence-corrected chi connectivity index (χ1v) is 22.2. The number of imide groups is 2. The molecule has 0 radical (unpaired) electrons. The van der Waals surface area contributed by atoms with Crippen LogP contribution in [0.5, 0.6) is 0 Å². The standard InChI is InChI=1S/C45H47N11O5S/c1-47-33-23-34(35-11-9-29-21-27(24-46)25-50-56(29)35)49-26-32(33)40-53-54-43(62-40)44-14-17-45(18-15-44,19-16-44)52-38(58)7-5-3-2-4-6-20-48-28-8-10-30-31(22-28)42(61)55(41(30)60)36-12-13-37(57)51-39(36)59/h8-11,21-23,25-26,36,48H,2-7,12-20H2,1H3,(H,47,49)(H,52,58)(H,51,57,59). The number of benzene rings is 1. The number of hydrogen-bond acceptors (Lipinski definition) is 13. The molecule has 3 aliphatic carbocycles. The smallest absolute Gasteiger partial charge is 0.262 e. The van der Waals surface area contributed by atoms with Gasteiger partial charge in [0.1, 0.15) is 17.1 Å². The van der Waals surface area contributed by atoms with Crippen molar-refractivity contribution in [3.05, 3.63) is 76.6 Å². The van der Waals surface area contributed by atoms with Crippen molar-refractivity contribution in [2.45, 2.75) is 107 Å². The van der Waals surface area contributed by atoms with Crippen LogP contribution in [0.4, 0.5) is 11.4 Å². The van der Waals surface area contributed by atoms with Gasteiger partial charge in [0.05, 0.1) is 45.4 Å². The van der Waals surface area contributed by atoms with Gasteiger partial charge in [0, 0.05) is 55.0 Å². The fourth-order valence-electron chi connectivity index (χ4n) is 9.58. The number of rotatable bonds is 15. The van der Waals surface area contributed by atoms with Gasteiger partial charge in [0.25, 0.3) is 11.8 Å². The minimum Gasteiger partial charge on any atom is -0.387 e. The number of nitrogens with one attached hydrogen (secondary N) is 4. The van der Waals surface area contributed by atoms with E-state index in [-0.39, 0.29) is 40.8 Å². The van der Waals surface area contributed by atoms with E-state index in [1.165, 1.54) is 0 Å². The van der Waals surface area contributed by atoms with Crippen LogP contribution in [0.25, 0.3) is 27.5 Å². The molecular weight excluding hydrogens is 807 g/mol. The molecule has 4 aromatic heterocycles. The zero-order chi connectivity index (χ0) is 43.0. The summed E-state index contributed by atoms with van der Waals surface area (Å²) in [5.74, 6) is -1.93. The summed E-state index contributed by atoms with van der Waals surface area (Å²) in [5, 5.41) is 37.3. The third kappa shape index (κ3) is 7.67. The van der Waals surface area contributed by atoms with Gasteiger partial charge in [-0.1, -0.05) is 30.6 Å². The first-order valence-electron chi connectivity index (χ1n) is 21.4. The highest BCUT2D eigenvalue weighted by Gasteiger charge is 2.51. The molecule has 17 heteroatoms. The third-order valence-electron chi connectivity index (χ3n) is 13.2. The number of piperidine rings is 1. The lowest BCUT2D eigenvalue weighted by Crippen LogP contribution is -2.57. The van der Waals surface area contributed by atoms with Crippen LogP contribution >= 0.6 is 11.3 Å². The van der Waals surface area contributed by atoms with Crippen LogP contribution in [0.3, 0.4) is 0 Å². The lowest BCUT2D eigenvalue weighted by Gasteiger charge is -2.52. The Balaban J connectivity index is 0.702. The van der Waals surface area contributed by atoms with Crippen molar-refractivity contribution >= 4 is 57.8 Å². The molecule has 4 N–H and O–H groups in total. The van der Waals surface area contributed by atoms with Crippen LogP contribution in [0.15, 0.2) is 54.9 Å². The monoisotopic (exact) mass is 853 g/mol. The van der Waals surface area contributed by atoms with Gasteiger partial charge in [-0.2, -0.15) is 10.4 Å². The van der Waals surface area contributed by atoms with Crippen molar-refractivity contribution in [1.29, 1.82) is 5.26 Å². The average molecular weight is 854 g/mol. The molecule has 62 heavy (non-hydrogen) atoms. The zero-order valence-electron chi connectivity index (χ0n) is 34.5. The molecule has 1 saturated heterocycles. The molecule has 5 aliphatic rings. The third-order valence-corrected chi connectivity index (χ3v) is 14.4. The molecule has 1 atom stereocenters. The maximum atomic E-state index is 13.2. The Labute approximate surface area is 361 Å². The zero-order valence-corrected chi connectivity index (χ0v) is 35.3. The fourth-order valence-corrected chi connectivity index (χ4v) is 10.7. The number of hydrogen-bond donors (Lipinski definition) is 4. The van der Waals surface area contributed by atoms with Crippen LogP contribution < -0.4 is 21.3 Å². The minimum absolute atomic E-state index is 0.0286. The number of carbonyl (C=O) groups is 5. The molecule has 1 unspecified atom stereocenters. The maximum absolute atomic E-state index is 13.2. The summed E-state index contributed by atoms with van der Waals surface area (Å²) < 4.78 is 1.78. The predicted octanol–water partition coefficient (Wildman–Crippen LogP) is 6.14. The van der Waals surface area contributed by atoms with Gasteiger partial charge >= 0.3 is 0 Å². The summed E-state index contributed by atoms with van der Waals surface area (Å²) in [6.07, 6.45) is 14.5. The Morgan fingerprint density at radius 3 is 2.45 bits per heavy atom. The van der Waals surface area contributed by atoms with E-state index < -0.39 is 29.7 Å². The molecule has 4 fully saturated rings. The van der Waals surface area contributed by atoms with Crippen LogP contribution in [-0.4, -0.2) is 84.4 Å². The summed E-state index contributed by atoms with van der Waals surface area (Å²) in [6, 6.07) is 13.8. The Hall–Kier alpha value is -6.54. The van der Waals surface area contributed by atoms with Crippen molar-refractivity contribution in [3.63, 3.8) is 0 Å². The molecule has 3 saturated carbocycles. The number of amides is 5. The Morgan fingerprint density at radius 1 is 0.903 bits per heavy atom. The molecule has 0 spiro atoms. The van der Waals surface area contributed by atoms with Crippen molar-refractivity contribution in [2.75, 3.05) is 24.2 Å².